The van der Waals surface area contributed by atoms with E-state index in [-0.39, 0.29) is 11.6 Å². The molecule has 3 N–H and O–H groups in total. The van der Waals surface area contributed by atoms with Crippen LogP contribution in [-0.2, 0) is 0 Å². The molecule has 1 aromatic heterocycles. The maximum atomic E-state index is 13.1. The van der Waals surface area contributed by atoms with Crippen LogP contribution in [0.5, 0.6) is 0 Å². The van der Waals surface area contributed by atoms with Gasteiger partial charge in [-0.3, -0.25) is 4.79 Å². The van der Waals surface area contributed by atoms with E-state index in [9.17, 15) is 9.18 Å². The molecule has 0 radical (unpaired) electrons. The van der Waals surface area contributed by atoms with Gasteiger partial charge in [-0.1, -0.05) is 12.1 Å². The first kappa shape index (κ1) is 11.5. The molecular formula is C15H11FN2O. The molecule has 0 amide bonds. The van der Waals surface area contributed by atoms with Gasteiger partial charge in [0.1, 0.15) is 5.82 Å². The van der Waals surface area contributed by atoms with Gasteiger partial charge in [0.05, 0.1) is 0 Å². The lowest BCUT2D eigenvalue weighted by Crippen LogP contribution is -2.01. The van der Waals surface area contributed by atoms with Crippen LogP contribution in [0.3, 0.4) is 0 Å². The van der Waals surface area contributed by atoms with Crippen molar-refractivity contribution in [2.45, 2.75) is 0 Å². The number of fused-ring (bicyclic) bond motifs is 1. The van der Waals surface area contributed by atoms with Crippen molar-refractivity contribution in [3.05, 3.63) is 65.6 Å². The molecule has 0 aliphatic heterocycles. The molecule has 0 saturated heterocycles. The van der Waals surface area contributed by atoms with E-state index in [1.807, 2.05) is 0 Å². The molecule has 0 fully saturated rings. The molecule has 0 saturated carbocycles. The van der Waals surface area contributed by atoms with Crippen molar-refractivity contribution in [3.63, 3.8) is 0 Å². The number of carbonyl (C=O) groups excluding carboxylic acids is 1. The molecule has 3 rings (SSSR count). The van der Waals surface area contributed by atoms with Crippen LogP contribution < -0.4 is 5.73 Å². The molecule has 2 aromatic carbocycles. The number of hydrogen-bond acceptors (Lipinski definition) is 2. The normalized spacial score (nSPS) is 10.8. The van der Waals surface area contributed by atoms with Gasteiger partial charge in [0.2, 0.25) is 0 Å². The quantitative estimate of drug-likeness (QED) is 0.545. The number of carbonyl (C=O) groups is 1. The van der Waals surface area contributed by atoms with Crippen LogP contribution in [0.25, 0.3) is 10.9 Å². The van der Waals surface area contributed by atoms with E-state index < -0.39 is 0 Å². The standard InChI is InChI=1S/C15H11FN2O/c16-10-4-5-12-13(8-18-14(12)7-10)15(19)9-2-1-3-11(17)6-9/h1-8,18H,17H2. The highest BCUT2D eigenvalue weighted by molar-refractivity contribution is 6.16. The zero-order chi connectivity index (χ0) is 13.4. The number of nitrogens with two attached hydrogens (primary N) is 1. The fraction of sp³-hybridized carbons (Fsp3) is 0. The highest BCUT2D eigenvalue weighted by Gasteiger charge is 2.14. The number of halogens is 1. The molecule has 0 unspecified atom stereocenters. The van der Waals surface area contributed by atoms with Crippen molar-refractivity contribution >= 4 is 22.4 Å². The maximum absolute atomic E-state index is 13.1. The Kier molecular flexibility index (Phi) is 2.56. The number of benzene rings is 2. The second-order valence-electron chi connectivity index (χ2n) is 4.35. The Morgan fingerprint density at radius 2 is 2.00 bits per heavy atom. The smallest absolute Gasteiger partial charge is 0.195 e. The van der Waals surface area contributed by atoms with Crippen LogP contribution in [0.4, 0.5) is 10.1 Å². The first-order valence-electron chi connectivity index (χ1n) is 5.82. The highest BCUT2D eigenvalue weighted by Crippen LogP contribution is 2.22. The topological polar surface area (TPSA) is 58.9 Å². The Labute approximate surface area is 108 Å². The summed E-state index contributed by atoms with van der Waals surface area (Å²) in [6.45, 7) is 0. The van der Waals surface area contributed by atoms with Crippen molar-refractivity contribution in [2.75, 3.05) is 5.73 Å². The summed E-state index contributed by atoms with van der Waals surface area (Å²) in [6, 6.07) is 11.1. The van der Waals surface area contributed by atoms with Gasteiger partial charge in [-0.2, -0.15) is 0 Å². The van der Waals surface area contributed by atoms with E-state index in [0.29, 0.717) is 27.7 Å². The lowest BCUT2D eigenvalue weighted by Gasteiger charge is -2.01. The molecule has 19 heavy (non-hydrogen) atoms. The molecule has 94 valence electrons. The summed E-state index contributed by atoms with van der Waals surface area (Å²) in [7, 11) is 0. The predicted molar refractivity (Wildman–Crippen MR) is 72.5 cm³/mol. The third-order valence-corrected chi connectivity index (χ3v) is 3.04. The van der Waals surface area contributed by atoms with Crippen LogP contribution in [0.1, 0.15) is 15.9 Å². The number of hydrogen-bond donors (Lipinski definition) is 2. The van der Waals surface area contributed by atoms with E-state index in [1.165, 1.54) is 12.1 Å². The van der Waals surface area contributed by atoms with Crippen molar-refractivity contribution in [2.24, 2.45) is 0 Å². The molecule has 0 atom stereocenters. The maximum Gasteiger partial charge on any atom is 0.195 e. The third-order valence-electron chi connectivity index (χ3n) is 3.04. The van der Waals surface area contributed by atoms with Crippen LogP contribution in [-0.4, -0.2) is 10.8 Å². The number of H-pyrrole nitrogens is 1. The van der Waals surface area contributed by atoms with E-state index in [4.69, 9.17) is 5.73 Å². The zero-order valence-corrected chi connectivity index (χ0v) is 9.98. The molecule has 4 heteroatoms. The summed E-state index contributed by atoms with van der Waals surface area (Å²) in [5, 5.41) is 0.703. The van der Waals surface area contributed by atoms with Crippen molar-refractivity contribution in [1.82, 2.24) is 4.98 Å². The van der Waals surface area contributed by atoms with Crippen LogP contribution in [0.2, 0.25) is 0 Å². The second-order valence-corrected chi connectivity index (χ2v) is 4.35. The third kappa shape index (κ3) is 1.97. The zero-order valence-electron chi connectivity index (χ0n) is 9.98. The van der Waals surface area contributed by atoms with Crippen molar-refractivity contribution in [1.29, 1.82) is 0 Å². The molecule has 0 bridgehead atoms. The summed E-state index contributed by atoms with van der Waals surface area (Å²) >= 11 is 0. The average Bonchev–Trinajstić information content (AvgIpc) is 2.80. The fourth-order valence-electron chi connectivity index (χ4n) is 2.12. The number of ketones is 1. The minimum Gasteiger partial charge on any atom is -0.399 e. The van der Waals surface area contributed by atoms with Gasteiger partial charge in [-0.25, -0.2) is 4.39 Å². The van der Waals surface area contributed by atoms with Gasteiger partial charge >= 0.3 is 0 Å². The van der Waals surface area contributed by atoms with E-state index in [0.717, 1.165) is 0 Å². The number of aromatic nitrogens is 1. The predicted octanol–water partition coefficient (Wildman–Crippen LogP) is 3.12. The largest absolute Gasteiger partial charge is 0.399 e. The highest BCUT2D eigenvalue weighted by atomic mass is 19.1. The lowest BCUT2D eigenvalue weighted by atomic mass is 10.0. The summed E-state index contributed by atoms with van der Waals surface area (Å²) in [5.41, 5.74) is 7.85. The molecule has 1 heterocycles. The Balaban J connectivity index is 2.12. The number of rotatable bonds is 2. The molecule has 0 spiro atoms. The number of nitrogen functional groups attached to an aromatic ring is 1. The van der Waals surface area contributed by atoms with Gasteiger partial charge in [0, 0.05) is 33.9 Å². The summed E-state index contributed by atoms with van der Waals surface area (Å²) in [4.78, 5) is 15.3. The monoisotopic (exact) mass is 254 g/mol. The second kappa shape index (κ2) is 4.24. The first-order chi connectivity index (χ1) is 9.15. The fourth-order valence-corrected chi connectivity index (χ4v) is 2.12. The van der Waals surface area contributed by atoms with Crippen LogP contribution in [0.15, 0.2) is 48.7 Å². The number of anilines is 1. The van der Waals surface area contributed by atoms with E-state index in [1.54, 1.807) is 36.5 Å². The Morgan fingerprint density at radius 1 is 1.16 bits per heavy atom. The molecule has 0 aliphatic carbocycles. The van der Waals surface area contributed by atoms with Gasteiger partial charge in [0.25, 0.3) is 0 Å². The number of aromatic amines is 1. The van der Waals surface area contributed by atoms with E-state index >= 15 is 0 Å². The SMILES string of the molecule is Nc1cccc(C(=O)c2c[nH]c3cc(F)ccc23)c1. The van der Waals surface area contributed by atoms with Crippen LogP contribution >= 0.6 is 0 Å². The summed E-state index contributed by atoms with van der Waals surface area (Å²) in [6.07, 6.45) is 1.59. The summed E-state index contributed by atoms with van der Waals surface area (Å²) in [5.74, 6) is -0.470. The molecular weight excluding hydrogens is 243 g/mol. The summed E-state index contributed by atoms with van der Waals surface area (Å²) < 4.78 is 13.1. The number of nitrogens with one attached hydrogen (secondary N) is 1. The molecule has 3 aromatic rings. The first-order valence-corrected chi connectivity index (χ1v) is 5.82. The van der Waals surface area contributed by atoms with E-state index in [2.05, 4.69) is 4.98 Å². The van der Waals surface area contributed by atoms with Gasteiger partial charge in [-0.15, -0.1) is 0 Å². The van der Waals surface area contributed by atoms with Crippen molar-refractivity contribution in [3.8, 4) is 0 Å². The van der Waals surface area contributed by atoms with Crippen molar-refractivity contribution < 1.29 is 9.18 Å². The molecule has 3 nitrogen and oxygen atoms in total. The lowest BCUT2D eigenvalue weighted by molar-refractivity contribution is 0.104. The van der Waals surface area contributed by atoms with Crippen LogP contribution in [0, 0.1) is 5.82 Å². The molecule has 0 aliphatic rings. The minimum absolute atomic E-state index is 0.134. The Hall–Kier alpha value is -2.62. The van der Waals surface area contributed by atoms with Gasteiger partial charge in [-0.05, 0) is 30.3 Å². The Morgan fingerprint density at radius 3 is 2.79 bits per heavy atom. The Bertz CT molecular complexity index is 777. The van der Waals surface area contributed by atoms with Gasteiger partial charge < -0.3 is 10.7 Å². The minimum atomic E-state index is -0.336. The average molecular weight is 254 g/mol. The van der Waals surface area contributed by atoms with Gasteiger partial charge in [0.15, 0.2) is 5.78 Å².